The summed E-state index contributed by atoms with van der Waals surface area (Å²) in [7, 11) is 0. The summed E-state index contributed by atoms with van der Waals surface area (Å²) in [5.74, 6) is 0. The predicted molar refractivity (Wildman–Crippen MR) is 61.4 cm³/mol. The van der Waals surface area contributed by atoms with E-state index < -0.39 is 0 Å². The summed E-state index contributed by atoms with van der Waals surface area (Å²) in [6, 6.07) is 7.75. The van der Waals surface area contributed by atoms with Crippen LogP contribution in [0.25, 0.3) is 5.69 Å². The van der Waals surface area contributed by atoms with Gasteiger partial charge in [0.1, 0.15) is 5.69 Å². The standard InChI is InChI=1S/C11H9BrN2O/c1-8-6-14(13-11(8)7-15)10-4-2-9(12)3-5-10/h2-7H,1H3. The second kappa shape index (κ2) is 3.98. The van der Waals surface area contributed by atoms with Gasteiger partial charge in [-0.05, 0) is 36.8 Å². The van der Waals surface area contributed by atoms with Gasteiger partial charge in [0.05, 0.1) is 5.69 Å². The molecule has 2 aromatic rings. The number of nitrogens with zero attached hydrogens (tertiary/aromatic N) is 2. The highest BCUT2D eigenvalue weighted by molar-refractivity contribution is 9.10. The molecule has 2 rings (SSSR count). The van der Waals surface area contributed by atoms with Gasteiger partial charge in [0.2, 0.25) is 0 Å². The molecule has 15 heavy (non-hydrogen) atoms. The molecule has 0 saturated heterocycles. The summed E-state index contributed by atoms with van der Waals surface area (Å²) >= 11 is 3.37. The number of hydrogen-bond acceptors (Lipinski definition) is 2. The van der Waals surface area contributed by atoms with Crippen molar-refractivity contribution in [1.82, 2.24) is 9.78 Å². The average Bonchev–Trinajstić information content (AvgIpc) is 2.61. The van der Waals surface area contributed by atoms with Crippen molar-refractivity contribution in [2.24, 2.45) is 0 Å². The van der Waals surface area contributed by atoms with Crippen molar-refractivity contribution < 1.29 is 4.79 Å². The lowest BCUT2D eigenvalue weighted by molar-refractivity contribution is 0.111. The largest absolute Gasteiger partial charge is 0.296 e. The fraction of sp³-hybridized carbons (Fsp3) is 0.0909. The van der Waals surface area contributed by atoms with Crippen molar-refractivity contribution in [1.29, 1.82) is 0 Å². The molecular formula is C11H9BrN2O. The summed E-state index contributed by atoms with van der Waals surface area (Å²) in [5.41, 5.74) is 2.31. The smallest absolute Gasteiger partial charge is 0.170 e. The van der Waals surface area contributed by atoms with Crippen molar-refractivity contribution in [2.75, 3.05) is 0 Å². The summed E-state index contributed by atoms with van der Waals surface area (Å²) in [6.07, 6.45) is 2.61. The second-order valence-corrected chi connectivity index (χ2v) is 4.15. The van der Waals surface area contributed by atoms with Crippen LogP contribution in [0.3, 0.4) is 0 Å². The Labute approximate surface area is 95.9 Å². The molecule has 0 aliphatic heterocycles. The molecule has 1 heterocycles. The van der Waals surface area contributed by atoms with Gasteiger partial charge in [-0.15, -0.1) is 0 Å². The summed E-state index contributed by atoms with van der Waals surface area (Å²) in [5, 5.41) is 4.16. The van der Waals surface area contributed by atoms with Crippen molar-refractivity contribution in [2.45, 2.75) is 6.92 Å². The van der Waals surface area contributed by atoms with Gasteiger partial charge in [0.15, 0.2) is 6.29 Å². The van der Waals surface area contributed by atoms with Gasteiger partial charge >= 0.3 is 0 Å². The first-order chi connectivity index (χ1) is 7.20. The van der Waals surface area contributed by atoms with Crippen LogP contribution >= 0.6 is 15.9 Å². The van der Waals surface area contributed by atoms with Gasteiger partial charge in [-0.2, -0.15) is 5.10 Å². The lowest BCUT2D eigenvalue weighted by Gasteiger charge is -1.99. The van der Waals surface area contributed by atoms with Crippen LogP contribution in [0.2, 0.25) is 0 Å². The van der Waals surface area contributed by atoms with Crippen molar-refractivity contribution in [3.63, 3.8) is 0 Å². The first-order valence-electron chi connectivity index (χ1n) is 4.48. The number of aryl methyl sites for hydroxylation is 1. The number of hydrogen-bond donors (Lipinski definition) is 0. The Morgan fingerprint density at radius 1 is 1.33 bits per heavy atom. The van der Waals surface area contributed by atoms with Crippen LogP contribution in [-0.4, -0.2) is 16.1 Å². The van der Waals surface area contributed by atoms with E-state index in [2.05, 4.69) is 21.0 Å². The molecule has 0 saturated carbocycles. The molecule has 4 heteroatoms. The second-order valence-electron chi connectivity index (χ2n) is 3.24. The first kappa shape index (κ1) is 10.1. The molecule has 0 aliphatic carbocycles. The minimum absolute atomic E-state index is 0.484. The van der Waals surface area contributed by atoms with E-state index in [4.69, 9.17) is 0 Å². The van der Waals surface area contributed by atoms with Gasteiger partial charge in [0, 0.05) is 10.7 Å². The lowest BCUT2D eigenvalue weighted by atomic mass is 10.3. The third-order valence-electron chi connectivity index (χ3n) is 2.14. The van der Waals surface area contributed by atoms with E-state index >= 15 is 0 Å². The molecule has 0 radical (unpaired) electrons. The summed E-state index contributed by atoms with van der Waals surface area (Å²) in [6.45, 7) is 1.87. The molecule has 0 atom stereocenters. The van der Waals surface area contributed by atoms with Crippen molar-refractivity contribution >= 4 is 22.2 Å². The normalized spacial score (nSPS) is 10.3. The van der Waals surface area contributed by atoms with E-state index in [-0.39, 0.29) is 0 Å². The minimum Gasteiger partial charge on any atom is -0.296 e. The van der Waals surface area contributed by atoms with E-state index in [1.165, 1.54) is 0 Å². The number of benzene rings is 1. The monoisotopic (exact) mass is 264 g/mol. The number of halogens is 1. The van der Waals surface area contributed by atoms with Crippen LogP contribution in [0, 0.1) is 6.92 Å². The Kier molecular flexibility index (Phi) is 2.68. The molecule has 0 unspecified atom stereocenters. The van der Waals surface area contributed by atoms with Gasteiger partial charge in [-0.1, -0.05) is 15.9 Å². The number of aldehydes is 1. The highest BCUT2D eigenvalue weighted by Crippen LogP contribution is 2.14. The van der Waals surface area contributed by atoms with Crippen LogP contribution in [0.15, 0.2) is 34.9 Å². The maximum Gasteiger partial charge on any atom is 0.170 e. The van der Waals surface area contributed by atoms with Crippen LogP contribution in [0.5, 0.6) is 0 Å². The van der Waals surface area contributed by atoms with Crippen LogP contribution in [0.1, 0.15) is 16.1 Å². The number of aromatic nitrogens is 2. The van der Waals surface area contributed by atoms with Gasteiger partial charge in [-0.3, -0.25) is 4.79 Å². The molecular weight excluding hydrogens is 256 g/mol. The predicted octanol–water partition coefficient (Wildman–Crippen LogP) is 2.76. The van der Waals surface area contributed by atoms with Crippen molar-refractivity contribution in [3.05, 3.63) is 46.2 Å². The zero-order valence-corrected chi connectivity index (χ0v) is 9.73. The molecule has 76 valence electrons. The number of carbonyl (C=O) groups is 1. The Bertz CT molecular complexity index is 488. The van der Waals surface area contributed by atoms with E-state index in [1.807, 2.05) is 37.4 Å². The van der Waals surface area contributed by atoms with Crippen LogP contribution in [0.4, 0.5) is 0 Å². The third kappa shape index (κ3) is 1.99. The summed E-state index contributed by atoms with van der Waals surface area (Å²) in [4.78, 5) is 10.6. The zero-order valence-electron chi connectivity index (χ0n) is 8.14. The quantitative estimate of drug-likeness (QED) is 0.782. The molecule has 0 spiro atoms. The molecule has 1 aromatic carbocycles. The minimum atomic E-state index is 0.484. The third-order valence-corrected chi connectivity index (χ3v) is 2.67. The lowest BCUT2D eigenvalue weighted by Crippen LogP contribution is -1.95. The van der Waals surface area contributed by atoms with E-state index in [0.717, 1.165) is 22.0 Å². The molecule has 0 aliphatic rings. The van der Waals surface area contributed by atoms with Gasteiger partial charge in [0.25, 0.3) is 0 Å². The fourth-order valence-corrected chi connectivity index (χ4v) is 1.58. The first-order valence-corrected chi connectivity index (χ1v) is 5.27. The Morgan fingerprint density at radius 3 is 2.53 bits per heavy atom. The maximum absolute atomic E-state index is 10.6. The number of rotatable bonds is 2. The summed E-state index contributed by atoms with van der Waals surface area (Å²) < 4.78 is 2.72. The zero-order chi connectivity index (χ0) is 10.8. The van der Waals surface area contributed by atoms with E-state index in [9.17, 15) is 4.79 Å². The van der Waals surface area contributed by atoms with Crippen LogP contribution < -0.4 is 0 Å². The molecule has 0 fully saturated rings. The molecule has 0 bridgehead atoms. The molecule has 0 N–H and O–H groups in total. The molecule has 0 amide bonds. The van der Waals surface area contributed by atoms with Gasteiger partial charge < -0.3 is 0 Å². The SMILES string of the molecule is Cc1cn(-c2ccc(Br)cc2)nc1C=O. The average molecular weight is 265 g/mol. The Balaban J connectivity index is 2.45. The topological polar surface area (TPSA) is 34.9 Å². The van der Waals surface area contributed by atoms with Crippen molar-refractivity contribution in [3.8, 4) is 5.69 Å². The molecule has 1 aromatic heterocycles. The van der Waals surface area contributed by atoms with E-state index in [0.29, 0.717) is 5.69 Å². The number of carbonyl (C=O) groups excluding carboxylic acids is 1. The maximum atomic E-state index is 10.6. The Morgan fingerprint density at radius 2 is 2.00 bits per heavy atom. The molecule has 3 nitrogen and oxygen atoms in total. The van der Waals surface area contributed by atoms with Crippen LogP contribution in [-0.2, 0) is 0 Å². The Hall–Kier alpha value is -1.42. The van der Waals surface area contributed by atoms with E-state index in [1.54, 1.807) is 4.68 Å². The highest BCUT2D eigenvalue weighted by Gasteiger charge is 2.04. The fourth-order valence-electron chi connectivity index (χ4n) is 1.32. The van der Waals surface area contributed by atoms with Gasteiger partial charge in [-0.25, -0.2) is 4.68 Å². The highest BCUT2D eigenvalue weighted by atomic mass is 79.9.